The van der Waals surface area contributed by atoms with E-state index in [1.54, 1.807) is 7.11 Å². The van der Waals surface area contributed by atoms with E-state index in [2.05, 4.69) is 17.1 Å². The summed E-state index contributed by atoms with van der Waals surface area (Å²) >= 11 is 0. The molecule has 2 heteroatoms. The summed E-state index contributed by atoms with van der Waals surface area (Å²) in [5.74, 6) is 0.853. The molecule has 0 unspecified atom stereocenters. The zero-order chi connectivity index (χ0) is 12.4. The van der Waals surface area contributed by atoms with Gasteiger partial charge in [0.05, 0.1) is 18.3 Å². The summed E-state index contributed by atoms with van der Waals surface area (Å²) in [6.45, 7) is 0. The highest BCUT2D eigenvalue weighted by atomic mass is 16.5. The van der Waals surface area contributed by atoms with E-state index >= 15 is 0 Å². The molecule has 0 spiro atoms. The van der Waals surface area contributed by atoms with Crippen molar-refractivity contribution in [2.24, 2.45) is 0 Å². The van der Waals surface area contributed by atoms with Gasteiger partial charge in [-0.15, -0.1) is 0 Å². The van der Waals surface area contributed by atoms with Crippen LogP contribution in [0.15, 0.2) is 54.6 Å². The van der Waals surface area contributed by atoms with E-state index in [4.69, 9.17) is 4.74 Å². The third kappa shape index (κ3) is 1.93. The number of pyridine rings is 1. The van der Waals surface area contributed by atoms with Gasteiger partial charge in [-0.2, -0.15) is 0 Å². The molecule has 0 fully saturated rings. The molecule has 0 aliphatic rings. The van der Waals surface area contributed by atoms with Crippen molar-refractivity contribution in [1.29, 1.82) is 0 Å². The van der Waals surface area contributed by atoms with Gasteiger partial charge in [-0.1, -0.05) is 30.3 Å². The van der Waals surface area contributed by atoms with Crippen LogP contribution in [0, 0.1) is 6.07 Å². The molecule has 0 atom stereocenters. The Hall–Kier alpha value is -2.35. The van der Waals surface area contributed by atoms with Gasteiger partial charge >= 0.3 is 0 Å². The first kappa shape index (κ1) is 10.8. The first-order valence-corrected chi connectivity index (χ1v) is 5.78. The summed E-state index contributed by atoms with van der Waals surface area (Å²) in [5.41, 5.74) is 3.05. The first-order valence-electron chi connectivity index (χ1n) is 5.78. The van der Waals surface area contributed by atoms with Crippen molar-refractivity contribution in [3.63, 3.8) is 0 Å². The Morgan fingerprint density at radius 2 is 1.83 bits per heavy atom. The summed E-state index contributed by atoms with van der Waals surface area (Å²) < 4.78 is 5.21. The number of hydrogen-bond acceptors (Lipinski definition) is 2. The van der Waals surface area contributed by atoms with Crippen molar-refractivity contribution in [2.45, 2.75) is 0 Å². The van der Waals surface area contributed by atoms with Gasteiger partial charge in [0.2, 0.25) is 0 Å². The van der Waals surface area contributed by atoms with Gasteiger partial charge in [0.25, 0.3) is 0 Å². The lowest BCUT2D eigenvalue weighted by molar-refractivity contribution is 0.415. The highest BCUT2D eigenvalue weighted by Crippen LogP contribution is 2.23. The largest absolute Gasteiger partial charge is 0.497 e. The molecular weight excluding hydrogens is 222 g/mol. The van der Waals surface area contributed by atoms with Crippen LogP contribution in [0.2, 0.25) is 0 Å². The smallest absolute Gasteiger partial charge is 0.119 e. The molecule has 0 bridgehead atoms. The Morgan fingerprint density at radius 3 is 2.61 bits per heavy atom. The van der Waals surface area contributed by atoms with E-state index in [9.17, 15) is 0 Å². The fraction of sp³-hybridized carbons (Fsp3) is 0.0625. The van der Waals surface area contributed by atoms with Crippen LogP contribution in [0.3, 0.4) is 0 Å². The van der Waals surface area contributed by atoms with Gasteiger partial charge in [-0.05, 0) is 30.3 Å². The minimum atomic E-state index is 0.853. The third-order valence-corrected chi connectivity index (χ3v) is 2.91. The van der Waals surface area contributed by atoms with E-state index in [0.29, 0.717) is 0 Å². The van der Waals surface area contributed by atoms with Crippen molar-refractivity contribution >= 4 is 10.9 Å². The lowest BCUT2D eigenvalue weighted by Gasteiger charge is -2.05. The zero-order valence-electron chi connectivity index (χ0n) is 10.1. The number of benzene rings is 2. The predicted octanol–water partition coefficient (Wildman–Crippen LogP) is 3.71. The normalized spacial score (nSPS) is 10.5. The standard InChI is InChI=1S/C16H12NO/c1-18-14-8-10-16-13(11-14)7-9-15(17-16)12-5-3-2-4-6-12/h3-11H,1H3. The number of hydrogen-bond donors (Lipinski definition) is 0. The number of fused-ring (bicyclic) bond motifs is 1. The van der Waals surface area contributed by atoms with E-state index in [1.165, 1.54) is 0 Å². The number of methoxy groups -OCH3 is 1. The van der Waals surface area contributed by atoms with Crippen LogP contribution < -0.4 is 4.74 Å². The van der Waals surface area contributed by atoms with Crippen LogP contribution in [0.5, 0.6) is 5.75 Å². The Bertz CT molecular complexity index is 677. The van der Waals surface area contributed by atoms with E-state index in [-0.39, 0.29) is 0 Å². The molecule has 18 heavy (non-hydrogen) atoms. The van der Waals surface area contributed by atoms with Gasteiger partial charge in [-0.25, -0.2) is 4.98 Å². The first-order chi connectivity index (χ1) is 8.86. The lowest BCUT2D eigenvalue weighted by atomic mass is 10.1. The molecule has 1 radical (unpaired) electrons. The molecule has 1 aromatic heterocycles. The van der Waals surface area contributed by atoms with Crippen molar-refractivity contribution in [3.05, 3.63) is 60.7 Å². The van der Waals surface area contributed by atoms with E-state index in [0.717, 1.165) is 27.9 Å². The predicted molar refractivity (Wildman–Crippen MR) is 72.6 cm³/mol. The molecule has 0 amide bonds. The van der Waals surface area contributed by atoms with Gasteiger partial charge in [-0.3, -0.25) is 0 Å². The van der Waals surface area contributed by atoms with Crippen LogP contribution in [-0.4, -0.2) is 12.1 Å². The average Bonchev–Trinajstić information content (AvgIpc) is 2.47. The molecular formula is C16H12NO. The van der Waals surface area contributed by atoms with Gasteiger partial charge < -0.3 is 4.74 Å². The van der Waals surface area contributed by atoms with Gasteiger partial charge in [0, 0.05) is 10.9 Å². The second kappa shape index (κ2) is 4.49. The summed E-state index contributed by atoms with van der Waals surface area (Å²) in [6.07, 6.45) is 0. The molecule has 1 heterocycles. The fourth-order valence-electron chi connectivity index (χ4n) is 1.95. The van der Waals surface area contributed by atoms with Crippen LogP contribution >= 0.6 is 0 Å². The topological polar surface area (TPSA) is 22.1 Å². The Labute approximate surface area is 106 Å². The highest BCUT2D eigenvalue weighted by Gasteiger charge is 2.02. The van der Waals surface area contributed by atoms with Gasteiger partial charge in [0.15, 0.2) is 0 Å². The monoisotopic (exact) mass is 234 g/mol. The van der Waals surface area contributed by atoms with Crippen LogP contribution in [0.1, 0.15) is 0 Å². The molecule has 3 aromatic rings. The van der Waals surface area contributed by atoms with Crippen LogP contribution in [0.4, 0.5) is 0 Å². The van der Waals surface area contributed by atoms with Crippen molar-refractivity contribution < 1.29 is 4.74 Å². The molecule has 0 aliphatic carbocycles. The Balaban J connectivity index is 2.12. The second-order valence-electron chi connectivity index (χ2n) is 4.04. The SMILES string of the molecule is COc1ccc2nc(-c3cc[c]cc3)ccc2c1. The van der Waals surface area contributed by atoms with Crippen molar-refractivity contribution in [3.8, 4) is 17.0 Å². The van der Waals surface area contributed by atoms with Crippen molar-refractivity contribution in [2.75, 3.05) is 7.11 Å². The summed E-state index contributed by atoms with van der Waals surface area (Å²) in [6, 6.07) is 20.8. The molecule has 2 aromatic carbocycles. The quantitative estimate of drug-likeness (QED) is 0.674. The van der Waals surface area contributed by atoms with Crippen LogP contribution in [-0.2, 0) is 0 Å². The summed E-state index contributed by atoms with van der Waals surface area (Å²) in [5, 5.41) is 1.08. The Kier molecular flexibility index (Phi) is 2.69. The summed E-state index contributed by atoms with van der Waals surface area (Å²) in [4.78, 5) is 4.65. The van der Waals surface area contributed by atoms with Crippen LogP contribution in [0.25, 0.3) is 22.2 Å². The Morgan fingerprint density at radius 1 is 1.00 bits per heavy atom. The lowest BCUT2D eigenvalue weighted by Crippen LogP contribution is -1.87. The number of aromatic nitrogens is 1. The van der Waals surface area contributed by atoms with Gasteiger partial charge in [0.1, 0.15) is 5.75 Å². The minimum absolute atomic E-state index is 0.853. The number of rotatable bonds is 2. The van der Waals surface area contributed by atoms with Crippen molar-refractivity contribution in [1.82, 2.24) is 4.98 Å². The molecule has 3 rings (SSSR count). The third-order valence-electron chi connectivity index (χ3n) is 2.91. The fourth-order valence-corrected chi connectivity index (χ4v) is 1.95. The minimum Gasteiger partial charge on any atom is -0.497 e. The average molecular weight is 234 g/mol. The molecule has 2 nitrogen and oxygen atoms in total. The van der Waals surface area contributed by atoms with E-state index in [1.807, 2.05) is 48.5 Å². The molecule has 0 saturated heterocycles. The summed E-state index contributed by atoms with van der Waals surface area (Å²) in [7, 11) is 1.67. The molecule has 0 saturated carbocycles. The highest BCUT2D eigenvalue weighted by molar-refractivity contribution is 5.82. The maximum absolute atomic E-state index is 5.21. The molecule has 0 N–H and O–H groups in total. The maximum Gasteiger partial charge on any atom is 0.119 e. The van der Waals surface area contributed by atoms with E-state index < -0.39 is 0 Å². The number of nitrogens with zero attached hydrogens (tertiary/aromatic N) is 1. The maximum atomic E-state index is 5.21. The molecule has 0 aliphatic heterocycles. The zero-order valence-corrected chi connectivity index (χ0v) is 10.1. The number of ether oxygens (including phenoxy) is 1. The second-order valence-corrected chi connectivity index (χ2v) is 4.04. The molecule has 87 valence electrons.